The third-order valence-electron chi connectivity index (χ3n) is 22.8. The van der Waals surface area contributed by atoms with Gasteiger partial charge in [0.15, 0.2) is 23.0 Å². The number of nitrogens with zero attached hydrogens (tertiary/aromatic N) is 15. The lowest BCUT2D eigenvalue weighted by Gasteiger charge is -2.33. The lowest BCUT2D eigenvalue weighted by atomic mass is 10.1. The maximum absolute atomic E-state index is 13.1. The number of aromatic nitrogens is 8. The maximum Gasteiger partial charge on any atom is 0.264 e. The summed E-state index contributed by atoms with van der Waals surface area (Å²) < 4.78 is 46.6. The van der Waals surface area contributed by atoms with Gasteiger partial charge in [-0.2, -0.15) is 0 Å². The number of fused-ring (bicyclic) bond motifs is 12. The first-order valence-corrected chi connectivity index (χ1v) is 48.0. The molecule has 12 aromatic rings. The van der Waals surface area contributed by atoms with Gasteiger partial charge in [0.2, 0.25) is 63.4 Å². The molecule has 0 unspecified atom stereocenters. The Balaban J connectivity index is 0.000000125. The number of nitrogens with two attached hydrogens (primary N) is 1. The number of primary sulfonamides is 1. The van der Waals surface area contributed by atoms with Gasteiger partial charge in [0.05, 0.1) is 68.7 Å². The van der Waals surface area contributed by atoms with Crippen LogP contribution in [0, 0.1) is 13.8 Å². The zero-order valence-electron chi connectivity index (χ0n) is 74.4. The van der Waals surface area contributed by atoms with Crippen LogP contribution in [0.4, 0.5) is 57.9 Å². The number of amides is 9. The van der Waals surface area contributed by atoms with Gasteiger partial charge in [-0.05, 0) is 116 Å². The topological polar surface area (TPSA) is 461 Å². The molecule has 8 aromatic heterocycles. The van der Waals surface area contributed by atoms with Crippen molar-refractivity contribution in [1.29, 1.82) is 0 Å². The van der Waals surface area contributed by atoms with Gasteiger partial charge in [-0.15, -0.1) is 45.3 Å². The van der Waals surface area contributed by atoms with Gasteiger partial charge in [-0.1, -0.05) is 24.3 Å². The second-order valence-electron chi connectivity index (χ2n) is 32.5. The molecular formula is C92H93N23O15S5. The van der Waals surface area contributed by atoms with E-state index in [-0.39, 0.29) is 64.0 Å². The van der Waals surface area contributed by atoms with Gasteiger partial charge in [0, 0.05) is 196 Å². The number of carbonyl (C=O) groups is 9. The Morgan fingerprint density at radius 1 is 0.348 bits per heavy atom. The van der Waals surface area contributed by atoms with E-state index in [0.717, 1.165) is 83.0 Å². The standard InChI is InChI=1S/C24H24N6O4S.C24H25N5O3S.C22H22N6O5S2.C22H22N6O3S/c1-14(31)26-16-4-3-5-17(10-16)27-24-25-12-19-22(28-24)18-11-20(35-21(18)13-34-19)23(33)30-8-6-29(7-9-30)15(2)32;1-14-8-15(2)10-17(9-14)26-24-25-12-19-22(27-24)18-11-20(33-21(18)13-32-19)23(31)29-6-4-28(5-7-29)16(3)30;1-13(29)27-5-7-28(8-6-27)21(30)18-10-16-19(34-18)12-33-17-11-24-22(26-20(16)17)25-14-3-2-4-15(9-14)35(23,31)32;1-13(29)25-14-3-2-4-15(9-14)26-22-24-11-17-20(27-22)16-10-18(32-19(16)12-31-17)21(30)28-7-5-23-6-8-28/h3-5,10-12H,6-9,13H2,1-2H3,(H,26,31)(H,25,27,28);8-12H,4-7,13H2,1-3H3,(H,25,26,27);2-4,9-11H,5-8,12H2,1H3,(H2,23,31,32)(H,24,25,26);2-4,9-11,23H,5-8,12H2,1H3,(H,25,29)(H,24,26,27). The van der Waals surface area contributed by atoms with Crippen molar-refractivity contribution < 1.29 is 70.5 Å². The molecule has 0 radical (unpaired) electrons. The Hall–Kier alpha value is -14.5. The number of aryl methyl sites for hydroxylation is 2. The van der Waals surface area contributed by atoms with E-state index in [4.69, 9.17) is 29.1 Å². The zero-order chi connectivity index (χ0) is 94.5. The van der Waals surface area contributed by atoms with Crippen LogP contribution < -0.4 is 61.3 Å². The lowest BCUT2D eigenvalue weighted by Crippen LogP contribution is -2.49. The fourth-order valence-corrected chi connectivity index (χ4v) is 20.8. The van der Waals surface area contributed by atoms with Gasteiger partial charge >= 0.3 is 0 Å². The van der Waals surface area contributed by atoms with Crippen LogP contribution in [0.3, 0.4) is 0 Å². The number of thiophene rings is 4. The quantitative estimate of drug-likeness (QED) is 0.0472. The van der Waals surface area contributed by atoms with Gasteiger partial charge in [-0.25, -0.2) is 53.4 Å². The Morgan fingerprint density at radius 3 is 0.919 bits per heavy atom. The summed E-state index contributed by atoms with van der Waals surface area (Å²) in [5.41, 5.74) is 12.5. The number of carbonyl (C=O) groups excluding carboxylic acids is 9. The van der Waals surface area contributed by atoms with E-state index in [9.17, 15) is 51.6 Å². The minimum absolute atomic E-state index is 0.0120. The van der Waals surface area contributed by atoms with Crippen molar-refractivity contribution in [3.63, 3.8) is 0 Å². The monoisotopic (exact) mass is 1920 g/mol. The highest BCUT2D eigenvalue weighted by atomic mass is 32.2. The van der Waals surface area contributed by atoms with E-state index in [0.29, 0.717) is 218 Å². The molecule has 0 aliphatic carbocycles. The Kier molecular flexibility index (Phi) is 27.4. The molecule has 0 saturated carbocycles. The van der Waals surface area contributed by atoms with Gasteiger partial charge in [0.25, 0.3) is 23.6 Å². The fourth-order valence-electron chi connectivity index (χ4n) is 16.1. The number of nitrogens with one attached hydrogen (secondary N) is 7. The fraction of sp³-hybridized carbons (Fsp3) is 0.293. The van der Waals surface area contributed by atoms with Gasteiger partial charge in [0.1, 0.15) is 49.2 Å². The molecule has 4 saturated heterocycles. The summed E-state index contributed by atoms with van der Waals surface area (Å²) >= 11 is 5.68. The molecule has 0 spiro atoms. The van der Waals surface area contributed by atoms with Crippen LogP contribution in [0.1, 0.15) is 104 Å². The van der Waals surface area contributed by atoms with Crippen molar-refractivity contribution in [2.75, 3.05) is 137 Å². The molecule has 8 aliphatic heterocycles. The molecule has 9 N–H and O–H groups in total. The maximum atomic E-state index is 13.1. The first kappa shape index (κ1) is 92.4. The summed E-state index contributed by atoms with van der Waals surface area (Å²) in [4.78, 5) is 164. The van der Waals surface area contributed by atoms with Crippen molar-refractivity contribution >= 4 is 166 Å². The van der Waals surface area contributed by atoms with Gasteiger partial charge in [-0.3, -0.25) is 43.2 Å². The smallest absolute Gasteiger partial charge is 0.264 e. The zero-order valence-corrected chi connectivity index (χ0v) is 78.5. The number of rotatable bonds is 15. The summed E-state index contributed by atoms with van der Waals surface area (Å²) in [6, 6.07) is 34.3. The minimum atomic E-state index is -3.85. The number of sulfonamides is 1. The summed E-state index contributed by atoms with van der Waals surface area (Å²) in [6.45, 7) is 22.5. The van der Waals surface area contributed by atoms with Gasteiger partial charge < -0.3 is 90.5 Å². The molecular weight excluding hydrogens is 1830 g/mol. The molecule has 8 aliphatic rings. The number of benzene rings is 4. The van der Waals surface area contributed by atoms with E-state index in [1.807, 2.05) is 76.5 Å². The van der Waals surface area contributed by atoms with E-state index in [1.165, 1.54) is 84.4 Å². The molecule has 43 heteroatoms. The molecule has 4 aromatic carbocycles. The second kappa shape index (κ2) is 40.1. The molecule has 135 heavy (non-hydrogen) atoms. The van der Waals surface area contributed by atoms with E-state index >= 15 is 0 Å². The predicted octanol–water partition coefficient (Wildman–Crippen LogP) is 11.5. The molecule has 696 valence electrons. The average Bonchev–Trinajstić information content (AvgIpc) is 1.66. The summed E-state index contributed by atoms with van der Waals surface area (Å²) in [7, 11) is -3.85. The Morgan fingerprint density at radius 2 is 0.622 bits per heavy atom. The number of piperazine rings is 4. The second-order valence-corrected chi connectivity index (χ2v) is 38.6. The highest BCUT2D eigenvalue weighted by Gasteiger charge is 2.35. The van der Waals surface area contributed by atoms with Crippen molar-refractivity contribution in [3.8, 4) is 68.0 Å². The highest BCUT2D eigenvalue weighted by molar-refractivity contribution is 7.89. The SMILES string of the molecule is CC(=O)N1CCN(C(=O)c2cc3c(s2)COc2cnc(Nc4cc(C)cc(C)c4)nc2-3)CC1.CC(=O)N1CCN(C(=O)c2cc3c(s2)COc2cnc(Nc4cccc(S(N)(=O)=O)c4)nc2-3)CC1.CC(=O)Nc1cccc(Nc2ncc3c(n2)-c2cc(C(=O)N4CCN(C(C)=O)CC4)sc2CO3)c1.CC(=O)Nc1cccc(Nc2ncc3c(n2)-c2cc(C(=O)N4CCNCC4)sc2CO3)c1. The molecule has 38 nitrogen and oxygen atoms in total. The van der Waals surface area contributed by atoms with Crippen LogP contribution in [-0.2, 0) is 60.4 Å². The van der Waals surface area contributed by atoms with E-state index in [1.54, 1.807) is 87.3 Å². The highest BCUT2D eigenvalue weighted by Crippen LogP contribution is 2.46. The normalized spacial score (nSPS) is 14.8. The molecule has 4 fully saturated rings. The van der Waals surface area contributed by atoms with Crippen molar-refractivity contribution in [1.82, 2.24) is 79.5 Å². The predicted molar refractivity (Wildman–Crippen MR) is 510 cm³/mol. The van der Waals surface area contributed by atoms with Crippen LogP contribution in [0.5, 0.6) is 23.0 Å². The first-order chi connectivity index (χ1) is 65.0. The molecule has 16 heterocycles. The van der Waals surface area contributed by atoms with Crippen molar-refractivity contribution in [2.24, 2.45) is 5.14 Å². The van der Waals surface area contributed by atoms with E-state index in [2.05, 4.69) is 92.0 Å². The largest absolute Gasteiger partial charge is 0.484 e. The molecule has 9 amide bonds. The van der Waals surface area contributed by atoms with E-state index < -0.39 is 10.0 Å². The lowest BCUT2D eigenvalue weighted by molar-refractivity contribution is -0.131. The van der Waals surface area contributed by atoms with Crippen LogP contribution >= 0.6 is 45.3 Å². The van der Waals surface area contributed by atoms with Crippen LogP contribution in [-0.4, -0.2) is 240 Å². The number of anilines is 10. The summed E-state index contributed by atoms with van der Waals surface area (Å²) in [5.74, 6) is 3.47. The summed E-state index contributed by atoms with van der Waals surface area (Å²) in [5, 5.41) is 26.6. The minimum Gasteiger partial charge on any atom is -0.484 e. The Labute approximate surface area is 791 Å². The molecule has 0 atom stereocenters. The van der Waals surface area contributed by atoms with Crippen molar-refractivity contribution in [2.45, 2.75) is 79.8 Å². The van der Waals surface area contributed by atoms with Crippen LogP contribution in [0.2, 0.25) is 0 Å². The molecule has 20 rings (SSSR count). The van der Waals surface area contributed by atoms with Crippen molar-refractivity contribution in [3.05, 3.63) is 190 Å². The third kappa shape index (κ3) is 21.7. The average molecular weight is 1920 g/mol. The number of hydrogen-bond donors (Lipinski definition) is 8. The first-order valence-electron chi connectivity index (χ1n) is 43.2. The number of hydrogen-bond acceptors (Lipinski definition) is 32. The summed E-state index contributed by atoms with van der Waals surface area (Å²) in [6.07, 6.45) is 6.47. The third-order valence-corrected chi connectivity index (χ3v) is 28.1. The molecule has 0 bridgehead atoms. The number of ether oxygens (including phenoxy) is 4. The Bertz CT molecular complexity index is 6750. The van der Waals surface area contributed by atoms with Crippen LogP contribution in [0.15, 0.2) is 145 Å². The van der Waals surface area contributed by atoms with Crippen LogP contribution in [0.25, 0.3) is 45.0 Å².